The fourth-order valence-electron chi connectivity index (χ4n) is 1.51. The molecule has 0 saturated carbocycles. The summed E-state index contributed by atoms with van der Waals surface area (Å²) in [6.45, 7) is 5.18. The van der Waals surface area contributed by atoms with Crippen LogP contribution in [0.15, 0.2) is 6.20 Å². The molecule has 0 aromatic carbocycles. The highest BCUT2D eigenvalue weighted by molar-refractivity contribution is 5.95. The molecule has 0 unspecified atom stereocenters. The molecule has 0 aliphatic carbocycles. The number of nitrogens with one attached hydrogen (secondary N) is 1. The van der Waals surface area contributed by atoms with Gasteiger partial charge in [-0.25, -0.2) is 0 Å². The average molecular weight is 239 g/mol. The van der Waals surface area contributed by atoms with E-state index in [1.165, 1.54) is 11.1 Å². The summed E-state index contributed by atoms with van der Waals surface area (Å²) in [5.74, 6) is -1.17. The van der Waals surface area contributed by atoms with Gasteiger partial charge in [-0.15, -0.1) is 0 Å². The highest BCUT2D eigenvalue weighted by atomic mass is 16.4. The van der Waals surface area contributed by atoms with Crippen molar-refractivity contribution >= 4 is 11.9 Å². The van der Waals surface area contributed by atoms with Crippen LogP contribution in [0.5, 0.6) is 0 Å². The molecule has 0 saturated heterocycles. The van der Waals surface area contributed by atoms with Crippen LogP contribution in [0, 0.1) is 6.92 Å². The molecule has 6 nitrogen and oxygen atoms in total. The van der Waals surface area contributed by atoms with E-state index < -0.39 is 11.5 Å². The molecule has 1 aromatic rings. The number of nitrogens with zero attached hydrogens (tertiary/aromatic N) is 2. The molecule has 1 heterocycles. The zero-order valence-electron chi connectivity index (χ0n) is 10.4. The lowest BCUT2D eigenvalue weighted by Gasteiger charge is -2.34. The molecule has 0 atom stereocenters. The van der Waals surface area contributed by atoms with Gasteiger partial charge >= 0.3 is 5.97 Å². The minimum absolute atomic E-state index is 0.105. The first-order chi connectivity index (χ1) is 7.75. The monoisotopic (exact) mass is 239 g/mol. The summed E-state index contributed by atoms with van der Waals surface area (Å²) in [7, 11) is 1.59. The maximum atomic E-state index is 12.1. The molecule has 0 aliphatic rings. The number of aryl methyl sites for hydroxylation is 1. The second-order valence-electron chi connectivity index (χ2n) is 4.66. The number of carbonyl (C=O) groups excluding carboxylic acids is 1. The van der Waals surface area contributed by atoms with Crippen molar-refractivity contribution in [1.82, 2.24) is 15.1 Å². The Morgan fingerprint density at radius 1 is 1.53 bits per heavy atom. The van der Waals surface area contributed by atoms with Gasteiger partial charge in [-0.1, -0.05) is 0 Å². The Kier molecular flexibility index (Phi) is 3.55. The van der Waals surface area contributed by atoms with E-state index in [1.54, 1.807) is 27.8 Å². The zero-order chi connectivity index (χ0) is 13.2. The standard InChI is InChI=1S/C11H17N3O3/c1-7-8(6-12-13-7)10(17)14(4)11(2,3)5-9(15)16/h6H,5H2,1-4H3,(H,12,13)(H,15,16). The average Bonchev–Trinajstić information content (AvgIpc) is 2.60. The normalized spacial score (nSPS) is 11.3. The van der Waals surface area contributed by atoms with Crippen molar-refractivity contribution in [3.05, 3.63) is 17.5 Å². The third kappa shape index (κ3) is 2.83. The molecular weight excluding hydrogens is 222 g/mol. The molecule has 0 bridgehead atoms. The fraction of sp³-hybridized carbons (Fsp3) is 0.545. The number of rotatable bonds is 4. The summed E-state index contributed by atoms with van der Waals surface area (Å²) in [6, 6.07) is 0. The van der Waals surface area contributed by atoms with Gasteiger partial charge < -0.3 is 10.0 Å². The molecule has 1 amide bonds. The minimum atomic E-state index is -0.932. The van der Waals surface area contributed by atoms with Crippen LogP contribution in [0.2, 0.25) is 0 Å². The topological polar surface area (TPSA) is 86.3 Å². The quantitative estimate of drug-likeness (QED) is 0.822. The first kappa shape index (κ1) is 13.2. The van der Waals surface area contributed by atoms with E-state index in [-0.39, 0.29) is 12.3 Å². The Morgan fingerprint density at radius 2 is 2.12 bits per heavy atom. The fourth-order valence-corrected chi connectivity index (χ4v) is 1.51. The summed E-state index contributed by atoms with van der Waals surface area (Å²) < 4.78 is 0. The number of carboxylic acids is 1. The van der Waals surface area contributed by atoms with Gasteiger partial charge in [-0.2, -0.15) is 5.10 Å². The van der Waals surface area contributed by atoms with Crippen molar-refractivity contribution in [2.45, 2.75) is 32.7 Å². The summed E-state index contributed by atoms with van der Waals surface area (Å²) in [6.07, 6.45) is 1.34. The molecular formula is C11H17N3O3. The molecule has 17 heavy (non-hydrogen) atoms. The molecule has 0 aliphatic heterocycles. The van der Waals surface area contributed by atoms with Gasteiger partial charge in [0.1, 0.15) is 0 Å². The molecule has 1 aromatic heterocycles. The van der Waals surface area contributed by atoms with Crippen LogP contribution < -0.4 is 0 Å². The highest BCUT2D eigenvalue weighted by Gasteiger charge is 2.31. The number of aromatic amines is 1. The number of aromatic nitrogens is 2. The van der Waals surface area contributed by atoms with Gasteiger partial charge in [-0.05, 0) is 20.8 Å². The first-order valence-corrected chi connectivity index (χ1v) is 5.25. The predicted octanol–water partition coefficient (Wildman–Crippen LogP) is 1.04. The molecule has 0 radical (unpaired) electrons. The first-order valence-electron chi connectivity index (χ1n) is 5.25. The Bertz CT molecular complexity index is 437. The van der Waals surface area contributed by atoms with E-state index in [2.05, 4.69) is 10.2 Å². The van der Waals surface area contributed by atoms with Crippen molar-refractivity contribution in [3.8, 4) is 0 Å². The minimum Gasteiger partial charge on any atom is -0.481 e. The number of carboxylic acid groups (broad SMARTS) is 1. The second-order valence-corrected chi connectivity index (χ2v) is 4.66. The predicted molar refractivity (Wildman–Crippen MR) is 61.8 cm³/mol. The number of carbonyl (C=O) groups is 2. The third-order valence-corrected chi connectivity index (χ3v) is 2.86. The van der Waals surface area contributed by atoms with Crippen LogP contribution in [0.3, 0.4) is 0 Å². The van der Waals surface area contributed by atoms with E-state index in [0.29, 0.717) is 11.3 Å². The molecule has 6 heteroatoms. The smallest absolute Gasteiger partial charge is 0.305 e. The maximum absolute atomic E-state index is 12.1. The Balaban J connectivity index is 2.90. The molecule has 2 N–H and O–H groups in total. The number of hydrogen-bond donors (Lipinski definition) is 2. The maximum Gasteiger partial charge on any atom is 0.305 e. The van der Waals surface area contributed by atoms with Crippen LogP contribution in [0.25, 0.3) is 0 Å². The Morgan fingerprint density at radius 3 is 2.53 bits per heavy atom. The van der Waals surface area contributed by atoms with Crippen molar-refractivity contribution in [3.63, 3.8) is 0 Å². The zero-order valence-corrected chi connectivity index (χ0v) is 10.4. The largest absolute Gasteiger partial charge is 0.481 e. The molecule has 0 spiro atoms. The lowest BCUT2D eigenvalue weighted by atomic mass is 9.98. The molecule has 1 rings (SSSR count). The highest BCUT2D eigenvalue weighted by Crippen LogP contribution is 2.20. The summed E-state index contributed by atoms with van der Waals surface area (Å²) in [5, 5.41) is 15.3. The van der Waals surface area contributed by atoms with E-state index in [4.69, 9.17) is 5.11 Å². The van der Waals surface area contributed by atoms with Crippen molar-refractivity contribution in [2.75, 3.05) is 7.05 Å². The van der Waals surface area contributed by atoms with E-state index in [1.807, 2.05) is 0 Å². The van der Waals surface area contributed by atoms with Crippen LogP contribution in [0.4, 0.5) is 0 Å². The number of hydrogen-bond acceptors (Lipinski definition) is 3. The SMILES string of the molecule is Cc1[nH]ncc1C(=O)N(C)C(C)(C)CC(=O)O. The lowest BCUT2D eigenvalue weighted by molar-refractivity contribution is -0.139. The summed E-state index contributed by atoms with van der Waals surface area (Å²) in [4.78, 5) is 24.3. The van der Waals surface area contributed by atoms with E-state index >= 15 is 0 Å². The summed E-state index contributed by atoms with van der Waals surface area (Å²) in [5.41, 5.74) is 0.394. The van der Waals surface area contributed by atoms with Crippen LogP contribution in [0.1, 0.15) is 36.3 Å². The van der Waals surface area contributed by atoms with Crippen LogP contribution >= 0.6 is 0 Å². The Hall–Kier alpha value is -1.85. The van der Waals surface area contributed by atoms with Crippen molar-refractivity contribution < 1.29 is 14.7 Å². The summed E-state index contributed by atoms with van der Waals surface area (Å²) >= 11 is 0. The van der Waals surface area contributed by atoms with Gasteiger partial charge in [0, 0.05) is 18.3 Å². The second kappa shape index (κ2) is 4.57. The van der Waals surface area contributed by atoms with Gasteiger partial charge in [0.05, 0.1) is 18.2 Å². The van der Waals surface area contributed by atoms with Crippen LogP contribution in [-0.4, -0.2) is 44.7 Å². The Labute approximate surface area is 99.6 Å². The van der Waals surface area contributed by atoms with Gasteiger partial charge in [0.25, 0.3) is 5.91 Å². The van der Waals surface area contributed by atoms with Gasteiger partial charge in [0.15, 0.2) is 0 Å². The van der Waals surface area contributed by atoms with Gasteiger partial charge in [-0.3, -0.25) is 14.7 Å². The number of H-pyrrole nitrogens is 1. The van der Waals surface area contributed by atoms with Crippen molar-refractivity contribution in [1.29, 1.82) is 0 Å². The van der Waals surface area contributed by atoms with E-state index in [0.717, 1.165) is 0 Å². The molecule has 94 valence electrons. The van der Waals surface area contributed by atoms with Crippen LogP contribution in [-0.2, 0) is 4.79 Å². The number of aliphatic carboxylic acids is 1. The molecule has 0 fully saturated rings. The number of amides is 1. The van der Waals surface area contributed by atoms with E-state index in [9.17, 15) is 9.59 Å². The van der Waals surface area contributed by atoms with Gasteiger partial charge in [0.2, 0.25) is 0 Å². The lowest BCUT2D eigenvalue weighted by Crippen LogP contribution is -2.46. The van der Waals surface area contributed by atoms with Crippen molar-refractivity contribution in [2.24, 2.45) is 0 Å². The third-order valence-electron chi connectivity index (χ3n) is 2.86.